The molecule has 1 atom stereocenters. The lowest BCUT2D eigenvalue weighted by molar-refractivity contribution is -0.141. The Hall–Kier alpha value is -1.69. The van der Waals surface area contributed by atoms with E-state index in [0.717, 1.165) is 49.9 Å². The van der Waals surface area contributed by atoms with Crippen LogP contribution >= 0.6 is 0 Å². The highest BCUT2D eigenvalue weighted by Gasteiger charge is 2.25. The summed E-state index contributed by atoms with van der Waals surface area (Å²) in [5, 5.41) is 0. The summed E-state index contributed by atoms with van der Waals surface area (Å²) in [5.41, 5.74) is 1.09. The van der Waals surface area contributed by atoms with E-state index in [4.69, 9.17) is 4.74 Å². The molecule has 0 N–H and O–H groups in total. The van der Waals surface area contributed by atoms with Crippen molar-refractivity contribution in [3.63, 3.8) is 0 Å². The van der Waals surface area contributed by atoms with Crippen LogP contribution < -0.4 is 4.90 Å². The van der Waals surface area contributed by atoms with Crippen molar-refractivity contribution in [2.45, 2.75) is 39.7 Å². The topological polar surface area (TPSA) is 58.6 Å². The fourth-order valence-corrected chi connectivity index (χ4v) is 2.87. The summed E-state index contributed by atoms with van der Waals surface area (Å²) >= 11 is 0. The first-order chi connectivity index (χ1) is 10.5. The molecule has 2 rings (SSSR count). The standard InChI is InChI=1S/C16H26N4O2/c1-5-14-10-15(18-13(3)17-14)20-9-8-19(11-12(20)2)7-6-16(21)22-4/h10,12H,5-9,11H2,1-4H3. The predicted molar refractivity (Wildman–Crippen MR) is 86.0 cm³/mol. The third kappa shape index (κ3) is 4.16. The van der Waals surface area contributed by atoms with Gasteiger partial charge in [-0.15, -0.1) is 0 Å². The average molecular weight is 306 g/mol. The van der Waals surface area contributed by atoms with Gasteiger partial charge < -0.3 is 9.64 Å². The Morgan fingerprint density at radius 2 is 2.18 bits per heavy atom. The number of ether oxygens (including phenoxy) is 1. The van der Waals surface area contributed by atoms with Crippen LogP contribution in [0.4, 0.5) is 5.82 Å². The molecule has 6 nitrogen and oxygen atoms in total. The molecule has 1 fully saturated rings. The highest BCUT2D eigenvalue weighted by molar-refractivity contribution is 5.69. The second kappa shape index (κ2) is 7.54. The zero-order valence-corrected chi connectivity index (χ0v) is 14.0. The monoisotopic (exact) mass is 306 g/mol. The van der Waals surface area contributed by atoms with Gasteiger partial charge in [-0.05, 0) is 20.3 Å². The van der Waals surface area contributed by atoms with Crippen molar-refractivity contribution in [2.24, 2.45) is 0 Å². The van der Waals surface area contributed by atoms with Crippen LogP contribution in [0.1, 0.15) is 31.8 Å². The number of nitrogens with zero attached hydrogens (tertiary/aromatic N) is 4. The number of anilines is 1. The summed E-state index contributed by atoms with van der Waals surface area (Å²) in [7, 11) is 1.44. The van der Waals surface area contributed by atoms with E-state index in [-0.39, 0.29) is 5.97 Å². The molecule has 0 radical (unpaired) electrons. The largest absolute Gasteiger partial charge is 0.469 e. The van der Waals surface area contributed by atoms with Crippen molar-refractivity contribution >= 4 is 11.8 Å². The van der Waals surface area contributed by atoms with Gasteiger partial charge in [0.25, 0.3) is 0 Å². The number of aryl methyl sites for hydroxylation is 2. The summed E-state index contributed by atoms with van der Waals surface area (Å²) < 4.78 is 4.70. The Kier molecular flexibility index (Phi) is 5.71. The molecule has 2 heterocycles. The second-order valence-electron chi connectivity index (χ2n) is 5.79. The zero-order valence-electron chi connectivity index (χ0n) is 14.0. The average Bonchev–Trinajstić information content (AvgIpc) is 2.51. The first kappa shape index (κ1) is 16.7. The Balaban J connectivity index is 1.98. The molecule has 1 aromatic rings. The van der Waals surface area contributed by atoms with E-state index in [2.05, 4.69) is 39.7 Å². The van der Waals surface area contributed by atoms with Crippen molar-refractivity contribution in [3.05, 3.63) is 17.6 Å². The van der Waals surface area contributed by atoms with Gasteiger partial charge in [0.15, 0.2) is 0 Å². The number of piperazine rings is 1. The number of methoxy groups -OCH3 is 1. The fourth-order valence-electron chi connectivity index (χ4n) is 2.87. The Labute approximate surface area is 132 Å². The van der Waals surface area contributed by atoms with E-state index in [9.17, 15) is 4.79 Å². The number of carbonyl (C=O) groups excluding carboxylic acids is 1. The van der Waals surface area contributed by atoms with Gasteiger partial charge in [-0.1, -0.05) is 6.92 Å². The molecule has 0 amide bonds. The summed E-state index contributed by atoms with van der Waals surface area (Å²) in [5.74, 6) is 1.70. The minimum absolute atomic E-state index is 0.144. The molecule has 22 heavy (non-hydrogen) atoms. The minimum Gasteiger partial charge on any atom is -0.469 e. The van der Waals surface area contributed by atoms with Gasteiger partial charge in [0.1, 0.15) is 11.6 Å². The molecule has 1 saturated heterocycles. The smallest absolute Gasteiger partial charge is 0.306 e. The summed E-state index contributed by atoms with van der Waals surface area (Å²) in [6.07, 6.45) is 1.37. The van der Waals surface area contributed by atoms with Crippen molar-refractivity contribution in [1.29, 1.82) is 0 Å². The third-order valence-corrected chi connectivity index (χ3v) is 4.11. The maximum Gasteiger partial charge on any atom is 0.306 e. The summed E-state index contributed by atoms with van der Waals surface area (Å²) in [6, 6.07) is 2.46. The Bertz CT molecular complexity index is 521. The van der Waals surface area contributed by atoms with E-state index in [1.54, 1.807) is 0 Å². The van der Waals surface area contributed by atoms with E-state index in [1.807, 2.05) is 6.92 Å². The van der Waals surface area contributed by atoms with Crippen LogP contribution in [0.15, 0.2) is 6.07 Å². The molecule has 1 aromatic heterocycles. The number of rotatable bonds is 5. The lowest BCUT2D eigenvalue weighted by Gasteiger charge is -2.40. The van der Waals surface area contributed by atoms with Crippen molar-refractivity contribution < 1.29 is 9.53 Å². The summed E-state index contributed by atoms with van der Waals surface area (Å²) in [6.45, 7) is 9.80. The molecule has 0 spiro atoms. The zero-order chi connectivity index (χ0) is 16.1. The van der Waals surface area contributed by atoms with Crippen molar-refractivity contribution in [3.8, 4) is 0 Å². The van der Waals surface area contributed by atoms with Crippen molar-refractivity contribution in [1.82, 2.24) is 14.9 Å². The lowest BCUT2D eigenvalue weighted by atomic mass is 10.1. The van der Waals surface area contributed by atoms with E-state index in [0.29, 0.717) is 12.5 Å². The molecule has 6 heteroatoms. The van der Waals surface area contributed by atoms with Crippen LogP contribution in [0.3, 0.4) is 0 Å². The van der Waals surface area contributed by atoms with Crippen LogP contribution in [-0.2, 0) is 16.0 Å². The molecule has 1 aliphatic heterocycles. The molecule has 0 aliphatic carbocycles. The third-order valence-electron chi connectivity index (χ3n) is 4.11. The van der Waals surface area contributed by atoms with Gasteiger partial charge in [0.05, 0.1) is 13.5 Å². The number of hydrogen-bond acceptors (Lipinski definition) is 6. The maximum absolute atomic E-state index is 11.3. The van der Waals surface area contributed by atoms with Crippen molar-refractivity contribution in [2.75, 3.05) is 38.2 Å². The van der Waals surface area contributed by atoms with Gasteiger partial charge >= 0.3 is 5.97 Å². The SMILES string of the molecule is CCc1cc(N2CCN(CCC(=O)OC)CC2C)nc(C)n1. The highest BCUT2D eigenvalue weighted by atomic mass is 16.5. The molecule has 0 bridgehead atoms. The van der Waals surface area contributed by atoms with E-state index < -0.39 is 0 Å². The van der Waals surface area contributed by atoms with Gasteiger partial charge in [-0.3, -0.25) is 9.69 Å². The molecule has 0 saturated carbocycles. The van der Waals surface area contributed by atoms with Gasteiger partial charge in [-0.2, -0.15) is 0 Å². The van der Waals surface area contributed by atoms with Crippen LogP contribution in [0, 0.1) is 6.92 Å². The normalized spacial score (nSPS) is 19.3. The second-order valence-corrected chi connectivity index (χ2v) is 5.79. The van der Waals surface area contributed by atoms with Crippen LogP contribution in [0.25, 0.3) is 0 Å². The van der Waals surface area contributed by atoms with E-state index >= 15 is 0 Å². The molecular weight excluding hydrogens is 280 g/mol. The Morgan fingerprint density at radius 3 is 2.82 bits per heavy atom. The number of aromatic nitrogens is 2. The van der Waals surface area contributed by atoms with Gasteiger partial charge in [0, 0.05) is 44.0 Å². The quantitative estimate of drug-likeness (QED) is 0.767. The predicted octanol–water partition coefficient (Wildman–Crippen LogP) is 1.42. The highest BCUT2D eigenvalue weighted by Crippen LogP contribution is 2.19. The molecule has 1 aliphatic rings. The minimum atomic E-state index is -0.144. The van der Waals surface area contributed by atoms with Crippen LogP contribution in [-0.4, -0.2) is 60.2 Å². The fraction of sp³-hybridized carbons (Fsp3) is 0.688. The van der Waals surface area contributed by atoms with Crippen LogP contribution in [0.2, 0.25) is 0 Å². The summed E-state index contributed by atoms with van der Waals surface area (Å²) in [4.78, 5) is 24.9. The van der Waals surface area contributed by atoms with E-state index in [1.165, 1.54) is 7.11 Å². The number of esters is 1. The number of carbonyl (C=O) groups is 1. The Morgan fingerprint density at radius 1 is 1.41 bits per heavy atom. The first-order valence-corrected chi connectivity index (χ1v) is 7.93. The molecular formula is C16H26N4O2. The lowest BCUT2D eigenvalue weighted by Crippen LogP contribution is -2.52. The molecule has 0 aromatic carbocycles. The van der Waals surface area contributed by atoms with Gasteiger partial charge in [-0.25, -0.2) is 9.97 Å². The molecule has 1 unspecified atom stereocenters. The van der Waals surface area contributed by atoms with Gasteiger partial charge in [0.2, 0.25) is 0 Å². The first-order valence-electron chi connectivity index (χ1n) is 7.93. The van der Waals surface area contributed by atoms with Crippen LogP contribution in [0.5, 0.6) is 0 Å². The maximum atomic E-state index is 11.3. The number of hydrogen-bond donors (Lipinski definition) is 0. The molecule has 122 valence electrons.